The summed E-state index contributed by atoms with van der Waals surface area (Å²) in [5, 5.41) is 1.41. The molecule has 1 fully saturated rings. The van der Waals surface area contributed by atoms with Crippen molar-refractivity contribution in [2.24, 2.45) is 0 Å². The number of ether oxygens (including phenoxy) is 1. The lowest BCUT2D eigenvalue weighted by Crippen LogP contribution is -2.43. The van der Waals surface area contributed by atoms with Gasteiger partial charge in [0.05, 0.1) is 23.4 Å². The third kappa shape index (κ3) is 4.37. The largest absolute Gasteiger partial charge is 0.379 e. The first-order valence-electron chi connectivity index (χ1n) is 10.2. The van der Waals surface area contributed by atoms with E-state index in [0.717, 1.165) is 65.3 Å². The topological polar surface area (TPSA) is 45.7 Å². The van der Waals surface area contributed by atoms with E-state index >= 15 is 0 Å². The van der Waals surface area contributed by atoms with Crippen molar-refractivity contribution in [2.45, 2.75) is 20.8 Å². The number of fused-ring (bicyclic) bond motifs is 1. The van der Waals surface area contributed by atoms with Crippen molar-refractivity contribution in [1.82, 2.24) is 9.88 Å². The SMILES string of the molecule is Cc1ccc(C(=O)N(CCN2CCOCC2)c2nc3c(C)c(Cl)ccc3s2)c(C)c1. The van der Waals surface area contributed by atoms with Crippen LogP contribution in [0.2, 0.25) is 5.02 Å². The minimum atomic E-state index is -0.0106. The van der Waals surface area contributed by atoms with Gasteiger partial charge < -0.3 is 4.74 Å². The molecule has 4 rings (SSSR count). The van der Waals surface area contributed by atoms with E-state index < -0.39 is 0 Å². The van der Waals surface area contributed by atoms with Crippen LogP contribution in [-0.4, -0.2) is 55.2 Å². The van der Waals surface area contributed by atoms with E-state index in [2.05, 4.69) is 11.0 Å². The highest BCUT2D eigenvalue weighted by Crippen LogP contribution is 2.34. The van der Waals surface area contributed by atoms with Crippen LogP contribution in [-0.2, 0) is 4.74 Å². The van der Waals surface area contributed by atoms with E-state index in [-0.39, 0.29) is 5.91 Å². The molecule has 0 unspecified atom stereocenters. The monoisotopic (exact) mass is 443 g/mol. The van der Waals surface area contributed by atoms with Crippen LogP contribution in [0, 0.1) is 20.8 Å². The van der Waals surface area contributed by atoms with Crippen LogP contribution < -0.4 is 4.90 Å². The van der Waals surface area contributed by atoms with E-state index in [1.165, 1.54) is 11.3 Å². The van der Waals surface area contributed by atoms with E-state index in [0.29, 0.717) is 16.7 Å². The van der Waals surface area contributed by atoms with E-state index in [4.69, 9.17) is 21.3 Å². The molecule has 0 atom stereocenters. The van der Waals surface area contributed by atoms with Gasteiger partial charge in [0, 0.05) is 36.8 Å². The summed E-state index contributed by atoms with van der Waals surface area (Å²) >= 11 is 7.84. The smallest absolute Gasteiger partial charge is 0.260 e. The molecule has 0 saturated carbocycles. The normalized spacial score (nSPS) is 14.9. The Morgan fingerprint density at radius 2 is 1.97 bits per heavy atom. The molecule has 158 valence electrons. The zero-order valence-electron chi connectivity index (χ0n) is 17.6. The zero-order valence-corrected chi connectivity index (χ0v) is 19.1. The number of hydrogen-bond acceptors (Lipinski definition) is 5. The van der Waals surface area contributed by atoms with Crippen LogP contribution in [0.15, 0.2) is 30.3 Å². The van der Waals surface area contributed by atoms with E-state index in [1.54, 1.807) is 0 Å². The van der Waals surface area contributed by atoms with Gasteiger partial charge in [0.25, 0.3) is 5.91 Å². The number of morpholine rings is 1. The maximum absolute atomic E-state index is 13.6. The number of aryl methyl sites for hydroxylation is 3. The molecule has 0 radical (unpaired) electrons. The van der Waals surface area contributed by atoms with Crippen LogP contribution in [0.1, 0.15) is 27.0 Å². The van der Waals surface area contributed by atoms with Crippen molar-refractivity contribution in [3.63, 3.8) is 0 Å². The molecule has 3 aromatic rings. The number of halogens is 1. The van der Waals surface area contributed by atoms with Gasteiger partial charge in [0.2, 0.25) is 0 Å². The summed E-state index contributed by atoms with van der Waals surface area (Å²) in [6, 6.07) is 9.83. The molecule has 5 nitrogen and oxygen atoms in total. The van der Waals surface area contributed by atoms with Crippen molar-refractivity contribution in [2.75, 3.05) is 44.3 Å². The first-order chi connectivity index (χ1) is 14.4. The molecule has 0 spiro atoms. The zero-order chi connectivity index (χ0) is 21.3. The molecule has 1 saturated heterocycles. The standard InChI is InChI=1S/C23H26ClN3O2S/c1-15-4-5-18(16(2)14-15)22(28)27(9-8-26-10-12-29-13-11-26)23-25-21-17(3)19(24)6-7-20(21)30-23/h4-7,14H,8-13H2,1-3H3. The number of carbonyl (C=O) groups excluding carboxylic acids is 1. The molecule has 1 aromatic heterocycles. The molecule has 2 heterocycles. The predicted octanol–water partition coefficient (Wildman–Crippen LogP) is 4.85. The molecule has 0 N–H and O–H groups in total. The second kappa shape index (κ2) is 9.02. The van der Waals surface area contributed by atoms with Crippen LogP contribution in [0.25, 0.3) is 10.2 Å². The Hall–Kier alpha value is -1.99. The fraction of sp³-hybridized carbons (Fsp3) is 0.391. The Bertz CT molecular complexity index is 1080. The summed E-state index contributed by atoms with van der Waals surface area (Å²) < 4.78 is 6.49. The van der Waals surface area contributed by atoms with Gasteiger partial charge in [-0.2, -0.15) is 0 Å². The third-order valence-corrected chi connectivity index (χ3v) is 7.02. The fourth-order valence-electron chi connectivity index (χ4n) is 3.75. The summed E-state index contributed by atoms with van der Waals surface area (Å²) in [5.41, 5.74) is 4.67. The van der Waals surface area contributed by atoms with E-state index in [1.807, 2.05) is 49.9 Å². The summed E-state index contributed by atoms with van der Waals surface area (Å²) in [7, 11) is 0. The number of aromatic nitrogens is 1. The van der Waals surface area contributed by atoms with Crippen molar-refractivity contribution in [1.29, 1.82) is 0 Å². The quantitative estimate of drug-likeness (QED) is 0.565. The average molecular weight is 444 g/mol. The Morgan fingerprint density at radius 3 is 2.70 bits per heavy atom. The highest BCUT2D eigenvalue weighted by atomic mass is 35.5. The Labute approximate surface area is 186 Å². The van der Waals surface area contributed by atoms with Crippen LogP contribution in [0.3, 0.4) is 0 Å². The Kier molecular flexibility index (Phi) is 6.39. The lowest BCUT2D eigenvalue weighted by molar-refractivity contribution is 0.0391. The number of amides is 1. The highest BCUT2D eigenvalue weighted by molar-refractivity contribution is 7.22. The van der Waals surface area contributed by atoms with E-state index in [9.17, 15) is 4.79 Å². The molecule has 30 heavy (non-hydrogen) atoms. The van der Waals surface area contributed by atoms with Crippen LogP contribution in [0.5, 0.6) is 0 Å². The number of anilines is 1. The summed E-state index contributed by atoms with van der Waals surface area (Å²) in [4.78, 5) is 22.6. The predicted molar refractivity (Wildman–Crippen MR) is 124 cm³/mol. The Morgan fingerprint density at radius 1 is 1.20 bits per heavy atom. The van der Waals surface area contributed by atoms with Gasteiger partial charge in [-0.1, -0.05) is 40.6 Å². The number of benzene rings is 2. The summed E-state index contributed by atoms with van der Waals surface area (Å²) in [6.45, 7) is 10.6. The molecular formula is C23H26ClN3O2S. The fourth-order valence-corrected chi connectivity index (χ4v) is 4.96. The van der Waals surface area contributed by atoms with Crippen molar-refractivity contribution < 1.29 is 9.53 Å². The molecule has 2 aromatic carbocycles. The molecular weight excluding hydrogens is 418 g/mol. The molecule has 1 amide bonds. The molecule has 1 aliphatic rings. The Balaban J connectivity index is 1.69. The van der Waals surface area contributed by atoms with Crippen molar-refractivity contribution in [3.05, 3.63) is 57.6 Å². The molecule has 1 aliphatic heterocycles. The number of rotatable bonds is 5. The molecule has 0 aliphatic carbocycles. The number of thiazole rings is 1. The van der Waals surface area contributed by atoms with Gasteiger partial charge in [-0.05, 0) is 50.1 Å². The van der Waals surface area contributed by atoms with Gasteiger partial charge >= 0.3 is 0 Å². The van der Waals surface area contributed by atoms with Crippen LogP contribution >= 0.6 is 22.9 Å². The molecule has 0 bridgehead atoms. The number of carbonyl (C=O) groups is 1. The summed E-state index contributed by atoms with van der Waals surface area (Å²) in [5.74, 6) is -0.0106. The van der Waals surface area contributed by atoms with Gasteiger partial charge in [0.1, 0.15) is 0 Å². The van der Waals surface area contributed by atoms with Gasteiger partial charge in [0.15, 0.2) is 5.13 Å². The van der Waals surface area contributed by atoms with Crippen molar-refractivity contribution in [3.8, 4) is 0 Å². The lowest BCUT2D eigenvalue weighted by atomic mass is 10.0. The second-order valence-corrected chi connectivity index (χ2v) is 9.16. The first-order valence-corrected chi connectivity index (χ1v) is 11.4. The molecule has 7 heteroatoms. The number of hydrogen-bond donors (Lipinski definition) is 0. The minimum Gasteiger partial charge on any atom is -0.379 e. The van der Waals surface area contributed by atoms with Gasteiger partial charge in [-0.3, -0.25) is 14.6 Å². The lowest BCUT2D eigenvalue weighted by Gasteiger charge is -2.29. The highest BCUT2D eigenvalue weighted by Gasteiger charge is 2.24. The van der Waals surface area contributed by atoms with Gasteiger partial charge in [-0.15, -0.1) is 0 Å². The maximum Gasteiger partial charge on any atom is 0.260 e. The first kappa shape index (κ1) is 21.2. The minimum absolute atomic E-state index is 0.0106. The number of nitrogens with zero attached hydrogens (tertiary/aromatic N) is 3. The maximum atomic E-state index is 13.6. The second-order valence-electron chi connectivity index (χ2n) is 7.74. The van der Waals surface area contributed by atoms with Crippen molar-refractivity contribution >= 4 is 44.2 Å². The van der Waals surface area contributed by atoms with Gasteiger partial charge in [-0.25, -0.2) is 4.98 Å². The third-order valence-electron chi connectivity index (χ3n) is 5.57. The summed E-state index contributed by atoms with van der Waals surface area (Å²) in [6.07, 6.45) is 0. The van der Waals surface area contributed by atoms with Crippen LogP contribution in [0.4, 0.5) is 5.13 Å². The average Bonchev–Trinajstić information content (AvgIpc) is 3.16.